The molecule has 11 heteroatoms. The molecule has 0 amide bonds. The number of hydrogen-bond acceptors (Lipinski definition) is 8. The number of amidine groups is 1. The van der Waals surface area contributed by atoms with E-state index in [0.29, 0.717) is 42.7 Å². The van der Waals surface area contributed by atoms with Gasteiger partial charge in [0.15, 0.2) is 0 Å². The summed E-state index contributed by atoms with van der Waals surface area (Å²) in [6.45, 7) is 10.8. The van der Waals surface area contributed by atoms with Gasteiger partial charge in [0.05, 0.1) is 36.0 Å². The average molecular weight is 530 g/mol. The fourth-order valence-electron chi connectivity index (χ4n) is 3.81. The van der Waals surface area contributed by atoms with Crippen LogP contribution in [0, 0.1) is 5.92 Å². The number of ether oxygens (including phenoxy) is 1. The Morgan fingerprint density at radius 2 is 2.00 bits per heavy atom. The molecule has 38 heavy (non-hydrogen) atoms. The minimum atomic E-state index is -4.41. The lowest BCUT2D eigenvalue weighted by Crippen LogP contribution is -2.38. The zero-order valence-electron chi connectivity index (χ0n) is 22.1. The Labute approximate surface area is 221 Å². The van der Waals surface area contributed by atoms with Gasteiger partial charge in [0.1, 0.15) is 5.84 Å². The maximum atomic E-state index is 13.1. The Balaban J connectivity index is 1.71. The monoisotopic (exact) mass is 529 g/mol. The Kier molecular flexibility index (Phi) is 10.4. The maximum absolute atomic E-state index is 13.1. The predicted molar refractivity (Wildman–Crippen MR) is 146 cm³/mol. The topological polar surface area (TPSA) is 86.5 Å². The normalized spacial score (nSPS) is 15.7. The molecule has 0 fully saturated rings. The molecule has 204 valence electrons. The minimum absolute atomic E-state index is 0.0780. The van der Waals surface area contributed by atoms with Crippen molar-refractivity contribution in [2.45, 2.75) is 40.3 Å². The van der Waals surface area contributed by atoms with Crippen LogP contribution in [0.4, 0.5) is 24.5 Å². The number of nitrogens with zero attached hydrogens (tertiary/aromatic N) is 5. The number of aliphatic imine (C=N–C) groups is 2. The van der Waals surface area contributed by atoms with Gasteiger partial charge in [0.2, 0.25) is 5.96 Å². The Morgan fingerprint density at radius 3 is 2.71 bits per heavy atom. The van der Waals surface area contributed by atoms with Crippen LogP contribution in [0.25, 0.3) is 0 Å². The summed E-state index contributed by atoms with van der Waals surface area (Å²) in [5.41, 5.74) is 4.60. The summed E-state index contributed by atoms with van der Waals surface area (Å²) in [6.07, 6.45) is 3.06. The summed E-state index contributed by atoms with van der Waals surface area (Å²) < 4.78 is 44.7. The number of halogens is 3. The first-order chi connectivity index (χ1) is 18.2. The van der Waals surface area contributed by atoms with Gasteiger partial charge in [-0.2, -0.15) is 23.3 Å². The van der Waals surface area contributed by atoms with Gasteiger partial charge in [0.25, 0.3) is 0 Å². The molecule has 8 nitrogen and oxygen atoms in total. The van der Waals surface area contributed by atoms with Crippen LogP contribution in [0.1, 0.15) is 44.5 Å². The number of aryl methyl sites for hydroxylation is 1. The molecule has 1 aliphatic heterocycles. The highest BCUT2D eigenvalue weighted by Crippen LogP contribution is 2.31. The van der Waals surface area contributed by atoms with E-state index in [9.17, 15) is 13.2 Å². The minimum Gasteiger partial charge on any atom is -0.380 e. The lowest BCUT2D eigenvalue weighted by atomic mass is 10.1. The standard InChI is InChI=1S/C27H34F3N7O/c1-5-20-15-23(32-18-24(20)34-22-10-8-9-21(16-22)27(28,29)30)17-33-36-26-31-12-11-19(4)25(35-26)37(6-2)13-14-38-7-3/h8-12,15-19,34H,5-7,13-14H2,1-4H3,(H,31,36)/b33-17+. The quantitative estimate of drug-likeness (QED) is 0.238. The lowest BCUT2D eigenvalue weighted by Gasteiger charge is -2.26. The Hall–Kier alpha value is -3.73. The Bertz CT molecular complexity index is 1190. The fourth-order valence-corrected chi connectivity index (χ4v) is 3.81. The molecular weight excluding hydrogens is 495 g/mol. The van der Waals surface area contributed by atoms with Crippen LogP contribution >= 0.6 is 0 Å². The molecule has 1 aliphatic rings. The number of benzene rings is 1. The van der Waals surface area contributed by atoms with E-state index in [1.165, 1.54) is 6.07 Å². The molecule has 0 radical (unpaired) electrons. The number of anilines is 2. The largest absolute Gasteiger partial charge is 0.416 e. The van der Waals surface area contributed by atoms with Crippen LogP contribution in [0.5, 0.6) is 0 Å². The highest BCUT2D eigenvalue weighted by atomic mass is 19.4. The molecule has 2 heterocycles. The van der Waals surface area contributed by atoms with Crippen molar-refractivity contribution in [2.24, 2.45) is 21.0 Å². The number of hydrazone groups is 1. The van der Waals surface area contributed by atoms with Crippen LogP contribution < -0.4 is 10.7 Å². The fraction of sp³-hybridized carbons (Fsp3) is 0.407. The summed E-state index contributed by atoms with van der Waals surface area (Å²) in [4.78, 5) is 15.6. The summed E-state index contributed by atoms with van der Waals surface area (Å²) in [5, 5.41) is 7.30. The molecule has 0 saturated carbocycles. The molecule has 0 bridgehead atoms. The number of pyridine rings is 1. The van der Waals surface area contributed by atoms with E-state index < -0.39 is 11.7 Å². The first kappa shape index (κ1) is 28.8. The number of alkyl halides is 3. The van der Waals surface area contributed by atoms with E-state index in [0.717, 1.165) is 36.6 Å². The van der Waals surface area contributed by atoms with Crippen LogP contribution in [0.3, 0.4) is 0 Å². The van der Waals surface area contributed by atoms with Crippen molar-refractivity contribution in [3.05, 3.63) is 65.6 Å². The molecule has 2 aromatic rings. The van der Waals surface area contributed by atoms with Gasteiger partial charge in [-0.1, -0.05) is 26.0 Å². The highest BCUT2D eigenvalue weighted by molar-refractivity contribution is 5.99. The summed E-state index contributed by atoms with van der Waals surface area (Å²) in [6, 6.07) is 6.91. The third kappa shape index (κ3) is 8.14. The molecule has 0 saturated heterocycles. The first-order valence-electron chi connectivity index (χ1n) is 12.6. The number of likely N-dealkylation sites (N-methyl/N-ethyl adjacent to an activating group) is 1. The molecule has 3 rings (SSSR count). The van der Waals surface area contributed by atoms with Crippen LogP contribution in [0.15, 0.2) is 63.9 Å². The van der Waals surface area contributed by atoms with Crippen molar-refractivity contribution >= 4 is 29.4 Å². The first-order valence-corrected chi connectivity index (χ1v) is 12.6. The molecule has 1 aromatic carbocycles. The van der Waals surface area contributed by atoms with Crippen molar-refractivity contribution in [1.82, 2.24) is 15.3 Å². The van der Waals surface area contributed by atoms with Crippen molar-refractivity contribution in [1.29, 1.82) is 0 Å². The van der Waals surface area contributed by atoms with E-state index in [-0.39, 0.29) is 5.92 Å². The van der Waals surface area contributed by atoms with Crippen LogP contribution in [-0.2, 0) is 17.3 Å². The van der Waals surface area contributed by atoms with Crippen LogP contribution in [0.2, 0.25) is 0 Å². The molecule has 1 atom stereocenters. The maximum Gasteiger partial charge on any atom is 0.416 e. The number of guanidine groups is 1. The molecule has 0 aliphatic carbocycles. The smallest absolute Gasteiger partial charge is 0.380 e. The third-order valence-electron chi connectivity index (χ3n) is 5.84. The second-order valence-electron chi connectivity index (χ2n) is 8.52. The van der Waals surface area contributed by atoms with Crippen molar-refractivity contribution in [3.63, 3.8) is 0 Å². The van der Waals surface area contributed by atoms with Crippen molar-refractivity contribution in [2.75, 3.05) is 31.6 Å². The zero-order valence-corrected chi connectivity index (χ0v) is 22.1. The zero-order chi connectivity index (χ0) is 27.5. The van der Waals surface area contributed by atoms with E-state index in [4.69, 9.17) is 9.73 Å². The van der Waals surface area contributed by atoms with Gasteiger partial charge in [-0.15, -0.1) is 0 Å². The van der Waals surface area contributed by atoms with Gasteiger partial charge in [-0.3, -0.25) is 4.98 Å². The second-order valence-corrected chi connectivity index (χ2v) is 8.52. The lowest BCUT2D eigenvalue weighted by molar-refractivity contribution is -0.137. The van der Waals surface area contributed by atoms with Gasteiger partial charge in [0, 0.05) is 37.5 Å². The van der Waals surface area contributed by atoms with Gasteiger partial charge in [-0.25, -0.2) is 10.4 Å². The van der Waals surface area contributed by atoms with Crippen molar-refractivity contribution in [3.8, 4) is 0 Å². The van der Waals surface area contributed by atoms with Crippen LogP contribution in [-0.4, -0.2) is 54.2 Å². The van der Waals surface area contributed by atoms with E-state index in [2.05, 4.69) is 44.6 Å². The van der Waals surface area contributed by atoms with E-state index >= 15 is 0 Å². The summed E-state index contributed by atoms with van der Waals surface area (Å²) in [5.74, 6) is 1.30. The number of rotatable bonds is 10. The Morgan fingerprint density at radius 1 is 1.18 bits per heavy atom. The van der Waals surface area contributed by atoms with Gasteiger partial charge in [-0.05, 0) is 50.1 Å². The molecular formula is C27H34F3N7O. The number of hydrogen-bond donors (Lipinski definition) is 2. The predicted octanol–water partition coefficient (Wildman–Crippen LogP) is 5.61. The SMILES string of the molecule is CCOCCN(CC)C1=NC(N/N=C/c2cc(CC)c(Nc3cccc(C(F)(F)F)c3)cn2)=NC=CC1C. The number of nitrogens with one attached hydrogen (secondary N) is 2. The average Bonchev–Trinajstić information content (AvgIpc) is 3.08. The van der Waals surface area contributed by atoms with E-state index in [1.54, 1.807) is 24.7 Å². The highest BCUT2D eigenvalue weighted by Gasteiger charge is 2.30. The van der Waals surface area contributed by atoms with Crippen molar-refractivity contribution < 1.29 is 17.9 Å². The number of aromatic nitrogens is 1. The molecule has 0 spiro atoms. The second kappa shape index (κ2) is 13.7. The molecule has 1 aromatic heterocycles. The molecule has 2 N–H and O–H groups in total. The summed E-state index contributed by atoms with van der Waals surface area (Å²) >= 11 is 0. The molecule has 1 unspecified atom stereocenters. The van der Waals surface area contributed by atoms with Gasteiger partial charge >= 0.3 is 6.18 Å². The third-order valence-corrected chi connectivity index (χ3v) is 5.84. The summed E-state index contributed by atoms with van der Waals surface area (Å²) in [7, 11) is 0. The van der Waals surface area contributed by atoms with Gasteiger partial charge < -0.3 is 15.0 Å². The van der Waals surface area contributed by atoms with E-state index in [1.807, 2.05) is 26.0 Å².